The topological polar surface area (TPSA) is 28.1 Å². The molecule has 0 atom stereocenters. The quantitative estimate of drug-likeness (QED) is 0.388. The van der Waals surface area contributed by atoms with Crippen LogP contribution in [0, 0.1) is 12.3 Å². The third-order valence-electron chi connectivity index (χ3n) is 2.37. The van der Waals surface area contributed by atoms with E-state index in [4.69, 9.17) is 5.39 Å². The van der Waals surface area contributed by atoms with Crippen LogP contribution in [0.5, 0.6) is 0 Å². The lowest BCUT2D eigenvalue weighted by Gasteiger charge is -1.98. The molecule has 0 radical (unpaired) electrons. The van der Waals surface area contributed by atoms with Crippen LogP contribution in [0.1, 0.15) is 5.56 Å². The van der Waals surface area contributed by atoms with Crippen molar-refractivity contribution in [1.82, 2.24) is 0 Å². The average molecular weight is 282 g/mol. The molecule has 7 heteroatoms. The zero-order chi connectivity index (χ0) is 15.2. The predicted molar refractivity (Wildman–Crippen MR) is 71.5 cm³/mol. The zero-order valence-electron chi connectivity index (χ0n) is 10.6. The van der Waals surface area contributed by atoms with Gasteiger partial charge >= 0.3 is 12.9 Å². The number of aryl methyl sites for hydroxylation is 1. The van der Waals surface area contributed by atoms with Crippen LogP contribution in [0.4, 0.5) is 23.0 Å². The van der Waals surface area contributed by atoms with Gasteiger partial charge in [0.2, 0.25) is 5.39 Å². The largest absolute Gasteiger partial charge is 0.673 e. The van der Waals surface area contributed by atoms with E-state index in [1.807, 2.05) is 49.4 Å². The summed E-state index contributed by atoms with van der Waals surface area (Å²) in [7, 11) is -6.00. The second kappa shape index (κ2) is 6.71. The molecule has 0 aliphatic carbocycles. The highest BCUT2D eigenvalue weighted by atomic mass is 19.5. The van der Waals surface area contributed by atoms with Crippen LogP contribution in [0.3, 0.4) is 0 Å². The summed E-state index contributed by atoms with van der Waals surface area (Å²) < 4.78 is 39.0. The summed E-state index contributed by atoms with van der Waals surface area (Å²) >= 11 is 0. The lowest BCUT2D eigenvalue weighted by Crippen LogP contribution is -2.02. The van der Waals surface area contributed by atoms with E-state index >= 15 is 0 Å². The minimum Gasteiger partial charge on any atom is -0.418 e. The number of halogens is 4. The molecule has 2 aromatic carbocycles. The molecule has 0 fully saturated rings. The van der Waals surface area contributed by atoms with Crippen LogP contribution in [-0.4, -0.2) is 7.25 Å². The molecule has 0 bridgehead atoms. The second-order valence-corrected chi connectivity index (χ2v) is 3.98. The molecule has 104 valence electrons. The van der Waals surface area contributed by atoms with Crippen LogP contribution in [-0.2, 0) is 0 Å². The number of diazo groups is 1. The third-order valence-corrected chi connectivity index (χ3v) is 2.37. The van der Waals surface area contributed by atoms with Gasteiger partial charge in [0.05, 0.1) is 5.56 Å². The van der Waals surface area contributed by atoms with E-state index in [9.17, 15) is 17.3 Å². The Morgan fingerprint density at radius 1 is 0.900 bits per heavy atom. The Bertz CT molecular complexity index is 597. The monoisotopic (exact) mass is 282 g/mol. The van der Waals surface area contributed by atoms with Gasteiger partial charge in [0, 0.05) is 6.07 Å². The molecule has 0 spiro atoms. The molecule has 0 unspecified atom stereocenters. The van der Waals surface area contributed by atoms with E-state index in [-0.39, 0.29) is 0 Å². The van der Waals surface area contributed by atoms with Gasteiger partial charge in [0.25, 0.3) is 0 Å². The Kier molecular flexibility index (Phi) is 5.27. The molecular formula is C13H11BF4N2. The van der Waals surface area contributed by atoms with Crippen molar-refractivity contribution in [2.45, 2.75) is 6.92 Å². The molecule has 0 saturated carbocycles. The number of nitrogens with zero attached hydrogens (tertiary/aromatic N) is 2. The maximum absolute atomic E-state index is 9.75. The number of benzene rings is 2. The molecule has 2 rings (SSSR count). The van der Waals surface area contributed by atoms with Crippen LogP contribution >= 0.6 is 0 Å². The summed E-state index contributed by atoms with van der Waals surface area (Å²) in [6.45, 7) is 2.05. The highest BCUT2D eigenvalue weighted by Crippen LogP contribution is 2.29. The van der Waals surface area contributed by atoms with E-state index in [1.165, 1.54) is 5.56 Å². The van der Waals surface area contributed by atoms with Crippen molar-refractivity contribution in [2.75, 3.05) is 0 Å². The molecule has 0 N–H and O–H groups in total. The number of rotatable bonds is 1. The average Bonchev–Trinajstić information content (AvgIpc) is 2.38. The first-order chi connectivity index (χ1) is 9.31. The van der Waals surface area contributed by atoms with Gasteiger partial charge in [0.1, 0.15) is 0 Å². The van der Waals surface area contributed by atoms with E-state index in [2.05, 4.69) is 4.98 Å². The summed E-state index contributed by atoms with van der Waals surface area (Å²) in [5, 5.41) is 8.86. The lowest BCUT2D eigenvalue weighted by molar-refractivity contribution is 0.368. The van der Waals surface area contributed by atoms with Gasteiger partial charge in [-0.1, -0.05) is 42.0 Å². The Labute approximate surface area is 113 Å². The Balaban J connectivity index is 0.000000347. The van der Waals surface area contributed by atoms with Gasteiger partial charge in [-0.25, -0.2) is 0 Å². The smallest absolute Gasteiger partial charge is 0.418 e. The van der Waals surface area contributed by atoms with E-state index < -0.39 is 7.25 Å². The SMILES string of the molecule is Cc1ccc(-c2ccccc2[N+]#N)cc1.F[B-](F)(F)F. The van der Waals surface area contributed by atoms with Crippen molar-refractivity contribution < 1.29 is 17.3 Å². The molecule has 0 aliphatic rings. The highest BCUT2D eigenvalue weighted by Gasteiger charge is 2.20. The Morgan fingerprint density at radius 3 is 1.90 bits per heavy atom. The Morgan fingerprint density at radius 2 is 1.40 bits per heavy atom. The fourth-order valence-electron chi connectivity index (χ4n) is 1.54. The van der Waals surface area contributed by atoms with Crippen molar-refractivity contribution in [3.05, 3.63) is 59.1 Å². The molecule has 0 saturated heterocycles. The first kappa shape index (κ1) is 15.7. The van der Waals surface area contributed by atoms with Gasteiger partial charge < -0.3 is 17.3 Å². The molecule has 0 heterocycles. The third kappa shape index (κ3) is 5.52. The summed E-state index contributed by atoms with van der Waals surface area (Å²) in [5.41, 5.74) is 3.83. The van der Waals surface area contributed by atoms with E-state index in [1.54, 1.807) is 6.07 Å². The maximum Gasteiger partial charge on any atom is 0.673 e. The fourth-order valence-corrected chi connectivity index (χ4v) is 1.54. The molecular weight excluding hydrogens is 271 g/mol. The summed E-state index contributed by atoms with van der Waals surface area (Å²) in [4.78, 5) is 3.27. The lowest BCUT2D eigenvalue weighted by atomic mass is 10.0. The van der Waals surface area contributed by atoms with Gasteiger partial charge in [-0.2, -0.15) is 0 Å². The molecule has 0 aliphatic heterocycles. The van der Waals surface area contributed by atoms with Crippen LogP contribution in [0.15, 0.2) is 48.5 Å². The fraction of sp³-hybridized carbons (Fsp3) is 0.0769. The first-order valence-corrected chi connectivity index (χ1v) is 5.70. The summed E-state index contributed by atoms with van der Waals surface area (Å²) in [6, 6.07) is 15.7. The predicted octanol–water partition coefficient (Wildman–Crippen LogP) is 5.45. The molecule has 20 heavy (non-hydrogen) atoms. The van der Waals surface area contributed by atoms with Crippen LogP contribution in [0.25, 0.3) is 16.1 Å². The van der Waals surface area contributed by atoms with Gasteiger partial charge in [-0.15, -0.1) is 0 Å². The van der Waals surface area contributed by atoms with Crippen molar-refractivity contribution in [3.8, 4) is 11.1 Å². The van der Waals surface area contributed by atoms with Gasteiger partial charge in [-0.05, 0) is 18.6 Å². The first-order valence-electron chi connectivity index (χ1n) is 5.70. The molecule has 0 amide bonds. The zero-order valence-corrected chi connectivity index (χ0v) is 10.6. The highest BCUT2D eigenvalue weighted by molar-refractivity contribution is 6.50. The second-order valence-electron chi connectivity index (χ2n) is 3.98. The van der Waals surface area contributed by atoms with Crippen molar-refractivity contribution in [3.63, 3.8) is 0 Å². The van der Waals surface area contributed by atoms with E-state index in [0.29, 0.717) is 5.69 Å². The number of hydrogen-bond donors (Lipinski definition) is 0. The normalized spacial score (nSPS) is 10.2. The van der Waals surface area contributed by atoms with Crippen LogP contribution in [0.2, 0.25) is 0 Å². The molecule has 0 aromatic heterocycles. The standard InChI is InChI=1S/C13H11N2.BF4/c1-10-6-8-11(9-7-10)12-4-2-3-5-13(12)15-14;2-1(3,4)5/h2-9H,1H3;/q+1;-1. The summed E-state index contributed by atoms with van der Waals surface area (Å²) in [6.07, 6.45) is 0. The Hall–Kier alpha value is -2.36. The minimum absolute atomic E-state index is 0.598. The number of hydrogen-bond acceptors (Lipinski definition) is 1. The minimum atomic E-state index is -6.00. The van der Waals surface area contributed by atoms with Crippen molar-refractivity contribution in [2.24, 2.45) is 0 Å². The van der Waals surface area contributed by atoms with Crippen molar-refractivity contribution in [1.29, 1.82) is 5.39 Å². The van der Waals surface area contributed by atoms with Crippen molar-refractivity contribution >= 4 is 12.9 Å². The summed E-state index contributed by atoms with van der Waals surface area (Å²) in [5.74, 6) is 0. The maximum atomic E-state index is 9.75. The van der Waals surface area contributed by atoms with Gasteiger partial charge in [0.15, 0.2) is 4.98 Å². The van der Waals surface area contributed by atoms with Crippen LogP contribution < -0.4 is 0 Å². The van der Waals surface area contributed by atoms with E-state index in [0.717, 1.165) is 11.1 Å². The molecule has 2 aromatic rings. The van der Waals surface area contributed by atoms with Gasteiger partial charge in [-0.3, -0.25) is 0 Å². The molecule has 2 nitrogen and oxygen atoms in total.